The average Bonchev–Trinajstić information content (AvgIpc) is 3.10. The van der Waals surface area contributed by atoms with Crippen LogP contribution in [0.2, 0.25) is 0 Å². The van der Waals surface area contributed by atoms with Crippen LogP contribution in [-0.2, 0) is 16.0 Å². The minimum Gasteiger partial charge on any atom is -0.376 e. The van der Waals surface area contributed by atoms with Gasteiger partial charge in [0.25, 0.3) is 0 Å². The van der Waals surface area contributed by atoms with E-state index >= 15 is 0 Å². The van der Waals surface area contributed by atoms with E-state index in [1.54, 1.807) is 17.8 Å². The minimum absolute atomic E-state index is 0.0666. The van der Waals surface area contributed by atoms with Gasteiger partial charge < -0.3 is 14.0 Å². The van der Waals surface area contributed by atoms with E-state index in [1.807, 2.05) is 30.3 Å². The number of halogens is 2. The zero-order valence-electron chi connectivity index (χ0n) is 15.0. The number of hydrogen-bond donors (Lipinski definition) is 0. The van der Waals surface area contributed by atoms with Gasteiger partial charge in [-0.2, -0.15) is 0 Å². The molecule has 1 atom stereocenters. The molecule has 0 spiro atoms. The van der Waals surface area contributed by atoms with Gasteiger partial charge in [0.05, 0.1) is 55.7 Å². The number of ether oxygens (including phenoxy) is 2. The van der Waals surface area contributed by atoms with Gasteiger partial charge in [0.1, 0.15) is 11.6 Å². The van der Waals surface area contributed by atoms with E-state index in [2.05, 4.69) is 4.98 Å². The van der Waals surface area contributed by atoms with Crippen molar-refractivity contribution in [2.24, 2.45) is 0 Å². The fourth-order valence-electron chi connectivity index (χ4n) is 3.33. The largest absolute Gasteiger partial charge is 0.376 e. The van der Waals surface area contributed by atoms with Crippen molar-refractivity contribution in [3.63, 3.8) is 0 Å². The molecule has 4 rings (SSSR count). The monoisotopic (exact) mass is 370 g/mol. The van der Waals surface area contributed by atoms with Crippen molar-refractivity contribution in [3.8, 4) is 22.5 Å². The molecule has 1 aliphatic heterocycles. The number of benzene rings is 2. The van der Waals surface area contributed by atoms with E-state index in [0.29, 0.717) is 43.3 Å². The van der Waals surface area contributed by atoms with Crippen LogP contribution in [0.3, 0.4) is 0 Å². The highest BCUT2D eigenvalue weighted by molar-refractivity contribution is 5.79. The van der Waals surface area contributed by atoms with Crippen molar-refractivity contribution in [2.45, 2.75) is 19.6 Å². The van der Waals surface area contributed by atoms with Crippen LogP contribution in [0.5, 0.6) is 0 Å². The summed E-state index contributed by atoms with van der Waals surface area (Å²) in [4.78, 5) is 4.47. The summed E-state index contributed by atoms with van der Waals surface area (Å²) in [6.07, 6.45) is 1.42. The Morgan fingerprint density at radius 3 is 2.67 bits per heavy atom. The second kappa shape index (κ2) is 7.58. The number of aromatic nitrogens is 2. The van der Waals surface area contributed by atoms with Gasteiger partial charge in [0.15, 0.2) is 0 Å². The van der Waals surface area contributed by atoms with Crippen molar-refractivity contribution in [1.82, 2.24) is 9.55 Å². The molecule has 0 radical (unpaired) electrons. The molecule has 0 unspecified atom stereocenters. The van der Waals surface area contributed by atoms with E-state index in [9.17, 15) is 8.78 Å². The number of imidazole rings is 1. The van der Waals surface area contributed by atoms with Crippen molar-refractivity contribution >= 4 is 0 Å². The maximum atomic E-state index is 14.9. The molecule has 0 bridgehead atoms. The SMILES string of the molecule is Cc1ccc(F)c(-c2c(-c3ccccc3)ncn2C[C@H]2COCCO2)c1F. The molecule has 4 nitrogen and oxygen atoms in total. The molecule has 6 heteroatoms. The molecule has 1 saturated heterocycles. The van der Waals surface area contributed by atoms with Crippen LogP contribution in [0.1, 0.15) is 5.56 Å². The van der Waals surface area contributed by atoms with Gasteiger partial charge in [-0.1, -0.05) is 36.4 Å². The fourth-order valence-corrected chi connectivity index (χ4v) is 3.33. The highest BCUT2D eigenvalue weighted by Crippen LogP contribution is 2.35. The quantitative estimate of drug-likeness (QED) is 0.690. The van der Waals surface area contributed by atoms with Gasteiger partial charge in [-0.05, 0) is 18.6 Å². The molecule has 0 N–H and O–H groups in total. The molecule has 2 heterocycles. The predicted octanol–water partition coefficient (Wildman–Crippen LogP) is 4.22. The average molecular weight is 370 g/mol. The second-order valence-electron chi connectivity index (χ2n) is 6.58. The lowest BCUT2D eigenvalue weighted by molar-refractivity contribution is -0.0934. The lowest BCUT2D eigenvalue weighted by atomic mass is 10.0. The third-order valence-electron chi connectivity index (χ3n) is 4.69. The summed E-state index contributed by atoms with van der Waals surface area (Å²) in [5.74, 6) is -1.19. The molecular formula is C21H20F2N2O2. The molecule has 27 heavy (non-hydrogen) atoms. The number of rotatable bonds is 4. The Kier molecular flexibility index (Phi) is 5.01. The van der Waals surface area contributed by atoms with Crippen LogP contribution in [0.15, 0.2) is 48.8 Å². The Bertz CT molecular complexity index is 935. The van der Waals surface area contributed by atoms with Crippen molar-refractivity contribution in [1.29, 1.82) is 0 Å². The minimum atomic E-state index is -0.613. The van der Waals surface area contributed by atoms with Crippen molar-refractivity contribution < 1.29 is 18.3 Å². The standard InChI is InChI=1S/C21H20F2N2O2/c1-14-7-8-17(22)18(19(14)23)21-20(15-5-3-2-4-6-15)24-13-25(21)11-16-12-26-9-10-27-16/h2-8,13,16H,9-12H2,1H3/t16-/m0/s1. The lowest BCUT2D eigenvalue weighted by Gasteiger charge is -2.24. The van der Waals surface area contributed by atoms with Crippen LogP contribution in [0, 0.1) is 18.6 Å². The van der Waals surface area contributed by atoms with Gasteiger partial charge in [-0.15, -0.1) is 0 Å². The van der Waals surface area contributed by atoms with Crippen LogP contribution in [-0.4, -0.2) is 35.5 Å². The first-order chi connectivity index (χ1) is 13.1. The Hall–Kier alpha value is -2.57. The molecule has 0 saturated carbocycles. The van der Waals surface area contributed by atoms with Gasteiger partial charge in [-0.3, -0.25) is 0 Å². The van der Waals surface area contributed by atoms with Crippen molar-refractivity contribution in [3.05, 3.63) is 66.0 Å². The third kappa shape index (κ3) is 3.50. The van der Waals surface area contributed by atoms with Crippen LogP contribution in [0.25, 0.3) is 22.5 Å². The van der Waals surface area contributed by atoms with E-state index in [4.69, 9.17) is 9.47 Å². The van der Waals surface area contributed by atoms with E-state index in [0.717, 1.165) is 5.56 Å². The zero-order chi connectivity index (χ0) is 18.8. The van der Waals surface area contributed by atoms with Crippen LogP contribution >= 0.6 is 0 Å². The van der Waals surface area contributed by atoms with Gasteiger partial charge >= 0.3 is 0 Å². The first-order valence-electron chi connectivity index (χ1n) is 8.90. The second-order valence-corrected chi connectivity index (χ2v) is 6.58. The molecule has 1 aromatic heterocycles. The lowest BCUT2D eigenvalue weighted by Crippen LogP contribution is -2.32. The summed E-state index contributed by atoms with van der Waals surface area (Å²) in [6, 6.07) is 12.1. The predicted molar refractivity (Wildman–Crippen MR) is 98.3 cm³/mol. The maximum absolute atomic E-state index is 14.9. The maximum Gasteiger partial charge on any atom is 0.138 e. The zero-order valence-corrected chi connectivity index (χ0v) is 15.0. The fraction of sp³-hybridized carbons (Fsp3) is 0.286. The van der Waals surface area contributed by atoms with E-state index in [1.165, 1.54) is 12.1 Å². The summed E-state index contributed by atoms with van der Waals surface area (Å²) in [5, 5.41) is 0. The molecule has 1 aliphatic rings. The molecule has 0 amide bonds. The van der Waals surface area contributed by atoms with E-state index in [-0.39, 0.29) is 11.7 Å². The number of aryl methyl sites for hydroxylation is 1. The van der Waals surface area contributed by atoms with E-state index < -0.39 is 11.6 Å². The first kappa shape index (κ1) is 17.8. The van der Waals surface area contributed by atoms with Crippen molar-refractivity contribution in [2.75, 3.05) is 19.8 Å². The third-order valence-corrected chi connectivity index (χ3v) is 4.69. The summed E-state index contributed by atoms with van der Waals surface area (Å²) in [6.45, 7) is 3.54. The Morgan fingerprint density at radius 1 is 1.11 bits per heavy atom. The Morgan fingerprint density at radius 2 is 1.93 bits per heavy atom. The normalized spacial score (nSPS) is 17.2. The number of nitrogens with zero attached hydrogens (tertiary/aromatic N) is 2. The topological polar surface area (TPSA) is 36.3 Å². The molecule has 2 aromatic carbocycles. The van der Waals surface area contributed by atoms with Gasteiger partial charge in [0, 0.05) is 5.56 Å². The number of hydrogen-bond acceptors (Lipinski definition) is 3. The van der Waals surface area contributed by atoms with Gasteiger partial charge in [0.2, 0.25) is 0 Å². The van der Waals surface area contributed by atoms with Gasteiger partial charge in [-0.25, -0.2) is 13.8 Å². The first-order valence-corrected chi connectivity index (χ1v) is 8.90. The molecule has 140 valence electrons. The molecule has 3 aromatic rings. The van der Waals surface area contributed by atoms with Crippen LogP contribution < -0.4 is 0 Å². The Balaban J connectivity index is 1.86. The summed E-state index contributed by atoms with van der Waals surface area (Å²) < 4.78 is 42.6. The summed E-state index contributed by atoms with van der Waals surface area (Å²) in [7, 11) is 0. The summed E-state index contributed by atoms with van der Waals surface area (Å²) >= 11 is 0. The Labute approximate surface area is 156 Å². The molecule has 0 aliphatic carbocycles. The highest BCUT2D eigenvalue weighted by atomic mass is 19.1. The molecular weight excluding hydrogens is 350 g/mol. The highest BCUT2D eigenvalue weighted by Gasteiger charge is 2.25. The molecule has 1 fully saturated rings. The van der Waals surface area contributed by atoms with Crippen LogP contribution in [0.4, 0.5) is 8.78 Å². The smallest absolute Gasteiger partial charge is 0.138 e. The summed E-state index contributed by atoms with van der Waals surface area (Å²) in [5.41, 5.74) is 2.07.